The lowest BCUT2D eigenvalue weighted by Crippen LogP contribution is -2.27. The van der Waals surface area contributed by atoms with E-state index in [-0.39, 0.29) is 0 Å². The van der Waals surface area contributed by atoms with E-state index in [1.807, 2.05) is 18.2 Å². The molecule has 0 N–H and O–H groups in total. The lowest BCUT2D eigenvalue weighted by Gasteiger charge is -2.16. The van der Waals surface area contributed by atoms with Gasteiger partial charge in [0.1, 0.15) is 8.07 Å². The zero-order valence-corrected chi connectivity index (χ0v) is 14.8. The van der Waals surface area contributed by atoms with Crippen LogP contribution in [0.5, 0.6) is 0 Å². The Morgan fingerprint density at radius 3 is 2.45 bits per heavy atom. The summed E-state index contributed by atoms with van der Waals surface area (Å²) in [6.07, 6.45) is 0. The van der Waals surface area contributed by atoms with Gasteiger partial charge in [0.05, 0.1) is 0 Å². The Hall–Kier alpha value is -1.30. The van der Waals surface area contributed by atoms with Crippen molar-refractivity contribution in [2.75, 3.05) is 0 Å². The van der Waals surface area contributed by atoms with Crippen LogP contribution in [-0.4, -0.2) is 8.07 Å². The van der Waals surface area contributed by atoms with Gasteiger partial charge in [-0.3, -0.25) is 0 Å². The standard InChI is InChI=1S/C18H19BrSi/c1-15-9-10-18(19)17(13-15)14-20(2,3)12-11-16-7-5-4-6-8-16/h4-10,13H,14H2,1-3H3. The van der Waals surface area contributed by atoms with Crippen LogP contribution in [0.2, 0.25) is 13.1 Å². The maximum absolute atomic E-state index is 3.65. The van der Waals surface area contributed by atoms with Gasteiger partial charge in [-0.1, -0.05) is 70.8 Å². The first-order chi connectivity index (χ1) is 9.46. The topological polar surface area (TPSA) is 0 Å². The summed E-state index contributed by atoms with van der Waals surface area (Å²) >= 11 is 3.65. The second kappa shape index (κ2) is 6.43. The fourth-order valence-corrected chi connectivity index (χ4v) is 4.58. The normalized spacial score (nSPS) is 10.8. The fourth-order valence-electron chi connectivity index (χ4n) is 2.12. The van der Waals surface area contributed by atoms with Crippen LogP contribution in [0.15, 0.2) is 53.0 Å². The molecule has 0 aliphatic carbocycles. The average molecular weight is 343 g/mol. The molecule has 102 valence electrons. The third-order valence-corrected chi connectivity index (χ3v) is 5.99. The highest BCUT2D eigenvalue weighted by Crippen LogP contribution is 2.22. The van der Waals surface area contributed by atoms with Crippen molar-refractivity contribution in [1.82, 2.24) is 0 Å². The molecule has 2 aromatic rings. The fraction of sp³-hybridized carbons (Fsp3) is 0.222. The SMILES string of the molecule is Cc1ccc(Br)c(C[Si](C)(C)C#Cc2ccccc2)c1. The zero-order valence-electron chi connectivity index (χ0n) is 12.2. The molecule has 0 heterocycles. The summed E-state index contributed by atoms with van der Waals surface area (Å²) in [4.78, 5) is 0. The Bertz CT molecular complexity index is 648. The van der Waals surface area contributed by atoms with E-state index in [1.165, 1.54) is 15.6 Å². The molecule has 0 aromatic heterocycles. The third kappa shape index (κ3) is 4.37. The van der Waals surface area contributed by atoms with E-state index in [0.29, 0.717) is 0 Å². The zero-order chi connectivity index (χ0) is 14.6. The van der Waals surface area contributed by atoms with E-state index in [2.05, 4.69) is 77.7 Å². The van der Waals surface area contributed by atoms with Crippen LogP contribution in [-0.2, 0) is 6.04 Å². The summed E-state index contributed by atoms with van der Waals surface area (Å²) in [6, 6.07) is 17.9. The first-order valence-electron chi connectivity index (χ1n) is 6.79. The van der Waals surface area contributed by atoms with E-state index >= 15 is 0 Å². The molecule has 0 aliphatic heterocycles. The van der Waals surface area contributed by atoms with Gasteiger partial charge in [-0.15, -0.1) is 5.54 Å². The highest BCUT2D eigenvalue weighted by atomic mass is 79.9. The lowest BCUT2D eigenvalue weighted by atomic mass is 10.2. The molecular formula is C18H19BrSi. The molecule has 0 amide bonds. The summed E-state index contributed by atoms with van der Waals surface area (Å²) in [5.41, 5.74) is 7.33. The number of benzene rings is 2. The van der Waals surface area contributed by atoms with Gasteiger partial charge in [0.15, 0.2) is 0 Å². The minimum absolute atomic E-state index is 1.08. The number of halogens is 1. The van der Waals surface area contributed by atoms with Crippen LogP contribution in [0.1, 0.15) is 16.7 Å². The molecule has 0 fully saturated rings. The average Bonchev–Trinajstić information content (AvgIpc) is 2.42. The van der Waals surface area contributed by atoms with Crippen molar-refractivity contribution in [3.05, 3.63) is 69.7 Å². The minimum atomic E-state index is -1.57. The lowest BCUT2D eigenvalue weighted by molar-refractivity contribution is 1.27. The summed E-state index contributed by atoms with van der Waals surface area (Å²) in [5.74, 6) is 3.34. The second-order valence-corrected chi connectivity index (χ2v) is 11.0. The molecule has 0 saturated heterocycles. The molecule has 2 heteroatoms. The van der Waals surface area contributed by atoms with Crippen molar-refractivity contribution in [3.63, 3.8) is 0 Å². The molecule has 0 saturated carbocycles. The van der Waals surface area contributed by atoms with Crippen LogP contribution in [0, 0.1) is 18.4 Å². The highest BCUT2D eigenvalue weighted by molar-refractivity contribution is 9.10. The van der Waals surface area contributed by atoms with E-state index in [0.717, 1.165) is 11.6 Å². The first-order valence-corrected chi connectivity index (χ1v) is 10.8. The number of hydrogen-bond acceptors (Lipinski definition) is 0. The largest absolute Gasteiger partial charge is 0.137 e. The molecule has 0 aliphatic rings. The van der Waals surface area contributed by atoms with Crippen molar-refractivity contribution in [2.45, 2.75) is 26.1 Å². The highest BCUT2D eigenvalue weighted by Gasteiger charge is 2.20. The van der Waals surface area contributed by atoms with Gasteiger partial charge < -0.3 is 0 Å². The molecule has 20 heavy (non-hydrogen) atoms. The van der Waals surface area contributed by atoms with E-state index < -0.39 is 8.07 Å². The van der Waals surface area contributed by atoms with Gasteiger partial charge in [-0.05, 0) is 36.7 Å². The third-order valence-electron chi connectivity index (χ3n) is 3.15. The van der Waals surface area contributed by atoms with E-state index in [1.54, 1.807) is 0 Å². The van der Waals surface area contributed by atoms with Crippen molar-refractivity contribution >= 4 is 24.0 Å². The maximum atomic E-state index is 3.65. The molecule has 2 aromatic carbocycles. The Labute approximate surface area is 131 Å². The van der Waals surface area contributed by atoms with Gasteiger partial charge in [0, 0.05) is 10.0 Å². The predicted molar refractivity (Wildman–Crippen MR) is 93.4 cm³/mol. The van der Waals surface area contributed by atoms with Gasteiger partial charge in [0.25, 0.3) is 0 Å². The van der Waals surface area contributed by atoms with Gasteiger partial charge in [-0.25, -0.2) is 0 Å². The molecular weight excluding hydrogens is 324 g/mol. The molecule has 2 rings (SSSR count). The molecule has 0 unspecified atom stereocenters. The Morgan fingerprint density at radius 2 is 1.75 bits per heavy atom. The predicted octanol–water partition coefficient (Wildman–Crippen LogP) is 5.14. The molecule has 0 radical (unpaired) electrons. The van der Waals surface area contributed by atoms with E-state index in [9.17, 15) is 0 Å². The first kappa shape index (κ1) is 15.1. The van der Waals surface area contributed by atoms with Crippen LogP contribution in [0.3, 0.4) is 0 Å². The van der Waals surface area contributed by atoms with Crippen molar-refractivity contribution in [1.29, 1.82) is 0 Å². The monoisotopic (exact) mass is 342 g/mol. The second-order valence-electron chi connectivity index (χ2n) is 5.77. The van der Waals surface area contributed by atoms with Gasteiger partial charge in [-0.2, -0.15) is 0 Å². The number of rotatable bonds is 2. The maximum Gasteiger partial charge on any atom is 0.137 e. The smallest absolute Gasteiger partial charge is 0.126 e. The van der Waals surface area contributed by atoms with Crippen molar-refractivity contribution in [3.8, 4) is 11.5 Å². The molecule has 0 spiro atoms. The summed E-state index contributed by atoms with van der Waals surface area (Å²) in [5, 5.41) is 0. The minimum Gasteiger partial charge on any atom is -0.126 e. The summed E-state index contributed by atoms with van der Waals surface area (Å²) in [6.45, 7) is 6.80. The summed E-state index contributed by atoms with van der Waals surface area (Å²) < 4.78 is 1.20. The van der Waals surface area contributed by atoms with Crippen LogP contribution >= 0.6 is 15.9 Å². The Morgan fingerprint density at radius 1 is 1.05 bits per heavy atom. The Balaban J connectivity index is 2.19. The van der Waals surface area contributed by atoms with Crippen LogP contribution in [0.4, 0.5) is 0 Å². The van der Waals surface area contributed by atoms with Gasteiger partial charge >= 0.3 is 0 Å². The van der Waals surface area contributed by atoms with Gasteiger partial charge in [0.2, 0.25) is 0 Å². The Kier molecular flexibility index (Phi) is 4.85. The quantitative estimate of drug-likeness (QED) is 0.523. The van der Waals surface area contributed by atoms with Crippen molar-refractivity contribution < 1.29 is 0 Å². The summed E-state index contributed by atoms with van der Waals surface area (Å²) in [7, 11) is -1.57. The van der Waals surface area contributed by atoms with Crippen LogP contribution in [0.25, 0.3) is 0 Å². The van der Waals surface area contributed by atoms with Crippen LogP contribution < -0.4 is 0 Å². The molecule has 0 atom stereocenters. The van der Waals surface area contributed by atoms with E-state index in [4.69, 9.17) is 0 Å². The number of aryl methyl sites for hydroxylation is 1. The molecule has 0 bridgehead atoms. The van der Waals surface area contributed by atoms with Crippen molar-refractivity contribution in [2.24, 2.45) is 0 Å². The number of hydrogen-bond donors (Lipinski definition) is 0. The molecule has 0 nitrogen and oxygen atoms in total.